The van der Waals surface area contributed by atoms with Crippen LogP contribution in [0.15, 0.2) is 36.4 Å². The minimum atomic E-state index is -0.771. The Labute approximate surface area is 234 Å². The van der Waals surface area contributed by atoms with Crippen molar-refractivity contribution in [2.75, 3.05) is 0 Å². The van der Waals surface area contributed by atoms with E-state index in [1.54, 1.807) is 17.4 Å². The van der Waals surface area contributed by atoms with Crippen LogP contribution in [0.4, 0.5) is 0 Å². The van der Waals surface area contributed by atoms with E-state index in [0.29, 0.717) is 6.61 Å². The molecule has 0 N–H and O–H groups in total. The summed E-state index contributed by atoms with van der Waals surface area (Å²) in [6.07, 6.45) is 3.34. The van der Waals surface area contributed by atoms with Gasteiger partial charge in [0, 0.05) is 9.75 Å². The van der Waals surface area contributed by atoms with Gasteiger partial charge in [0.15, 0.2) is 19.5 Å². The van der Waals surface area contributed by atoms with E-state index >= 15 is 0 Å². The van der Waals surface area contributed by atoms with Crippen LogP contribution in [0.2, 0.25) is 10.1 Å². The molecule has 206 valence electrons. The molecule has 7 heteroatoms. The molecule has 0 atom stereocenters. The summed E-state index contributed by atoms with van der Waals surface area (Å²) in [7, 11) is -1.52. The highest BCUT2D eigenvalue weighted by Crippen LogP contribution is 2.40. The summed E-state index contributed by atoms with van der Waals surface area (Å²) in [5.41, 5.74) is 2.48. The molecular formula is C30H48O4SSi2. The molecule has 1 aromatic carbocycles. The van der Waals surface area contributed by atoms with Gasteiger partial charge in [-0.25, -0.2) is 0 Å². The fourth-order valence-electron chi connectivity index (χ4n) is 3.82. The molecule has 4 nitrogen and oxygen atoms in total. The molecule has 0 aliphatic rings. The second-order valence-electron chi connectivity index (χ2n) is 13.2. The lowest BCUT2D eigenvalue weighted by atomic mass is 9.85. The van der Waals surface area contributed by atoms with Crippen LogP contribution in [0.1, 0.15) is 103 Å². The lowest BCUT2D eigenvalue weighted by Crippen LogP contribution is -2.34. The Morgan fingerprint density at radius 3 is 1.92 bits per heavy atom. The molecule has 2 rings (SSSR count). The lowest BCUT2D eigenvalue weighted by molar-refractivity contribution is -0.104. The van der Waals surface area contributed by atoms with E-state index in [4.69, 9.17) is 13.6 Å². The third-order valence-corrected chi connectivity index (χ3v) is 10.6. The van der Waals surface area contributed by atoms with E-state index < -0.39 is 30.7 Å². The molecule has 0 bridgehead atoms. The van der Waals surface area contributed by atoms with Crippen molar-refractivity contribution in [3.05, 3.63) is 57.3 Å². The molecule has 0 saturated carbocycles. The highest BCUT2D eigenvalue weighted by molar-refractivity contribution is 7.13. The lowest BCUT2D eigenvalue weighted by Gasteiger charge is -2.37. The number of ether oxygens (including phenoxy) is 1. The van der Waals surface area contributed by atoms with Crippen LogP contribution in [0.5, 0.6) is 5.75 Å². The number of hydrogen-bond donors (Lipinski definition) is 0. The van der Waals surface area contributed by atoms with Gasteiger partial charge in [-0.2, -0.15) is 0 Å². The van der Waals surface area contributed by atoms with Gasteiger partial charge in [0.05, 0.1) is 11.2 Å². The number of thiophene rings is 1. The Hall–Kier alpha value is -1.52. The Morgan fingerprint density at radius 2 is 1.41 bits per heavy atom. The molecule has 0 aliphatic heterocycles. The third kappa shape index (κ3) is 9.95. The number of carbonyl (C=O) groups is 1. The minimum Gasteiger partial charge on any atom is -0.488 e. The number of aldehydes is 1. The largest absolute Gasteiger partial charge is 0.488 e. The summed E-state index contributed by atoms with van der Waals surface area (Å²) >= 11 is 1.67. The molecule has 0 fully saturated rings. The summed E-state index contributed by atoms with van der Waals surface area (Å²) in [6.45, 7) is 24.7. The SMILES string of the molecule is CCC(=CC=O)c1ccc(COc2ccc(C(C)(C)O[SiH2]C(C)(C)C)c(C(C)(C)O[SiH2]C(C)(C)C)c2)s1. The Kier molecular flexibility index (Phi) is 10.8. The molecule has 0 unspecified atom stereocenters. The zero-order valence-electron chi connectivity index (χ0n) is 24.9. The third-order valence-electron chi connectivity index (χ3n) is 6.03. The minimum absolute atomic E-state index is 0.198. The second kappa shape index (κ2) is 12.6. The van der Waals surface area contributed by atoms with E-state index in [0.717, 1.165) is 44.9 Å². The van der Waals surface area contributed by atoms with Gasteiger partial charge < -0.3 is 13.6 Å². The molecular weight excluding hydrogens is 513 g/mol. The zero-order valence-corrected chi connectivity index (χ0v) is 28.6. The molecule has 1 aromatic heterocycles. The van der Waals surface area contributed by atoms with Crippen molar-refractivity contribution in [1.82, 2.24) is 0 Å². The van der Waals surface area contributed by atoms with Crippen LogP contribution in [0.25, 0.3) is 5.57 Å². The molecule has 0 aliphatic carbocycles. The highest BCUT2D eigenvalue weighted by atomic mass is 32.1. The van der Waals surface area contributed by atoms with Crippen LogP contribution >= 0.6 is 11.3 Å². The van der Waals surface area contributed by atoms with Gasteiger partial charge in [-0.05, 0) is 91.2 Å². The molecule has 37 heavy (non-hydrogen) atoms. The maximum atomic E-state index is 11.0. The second-order valence-corrected chi connectivity index (χ2v) is 19.7. The first-order valence-electron chi connectivity index (χ1n) is 13.3. The van der Waals surface area contributed by atoms with Crippen LogP contribution in [-0.4, -0.2) is 25.8 Å². The smallest absolute Gasteiger partial charge is 0.168 e. The number of hydrogen-bond acceptors (Lipinski definition) is 5. The first-order valence-corrected chi connectivity index (χ1v) is 16.6. The Morgan fingerprint density at radius 1 is 0.838 bits per heavy atom. The van der Waals surface area contributed by atoms with Gasteiger partial charge in [-0.3, -0.25) is 4.79 Å². The molecule has 2 aromatic rings. The fraction of sp³-hybridized carbons (Fsp3) is 0.567. The standard InChI is InChI=1S/C30H48O4SSi2/c1-12-21(17-18-31)26-16-14-23(35-26)20-32-22-13-15-24(29(8,9)33-36-27(2,3)4)25(19-22)30(10,11)34-37-28(5,6)7/h13-19H,12,20,36-37H2,1-11H3. The summed E-state index contributed by atoms with van der Waals surface area (Å²) in [6, 6.07) is 10.5. The Balaban J connectivity index is 2.36. The molecule has 0 radical (unpaired) electrons. The van der Waals surface area contributed by atoms with Crippen molar-refractivity contribution in [3.8, 4) is 5.75 Å². The van der Waals surface area contributed by atoms with Gasteiger partial charge in [0.25, 0.3) is 0 Å². The molecule has 0 amide bonds. The van der Waals surface area contributed by atoms with E-state index in [1.807, 2.05) is 0 Å². The Bertz CT molecular complexity index is 1070. The van der Waals surface area contributed by atoms with Crippen molar-refractivity contribution < 1.29 is 18.4 Å². The fourth-order valence-corrected chi connectivity index (χ4v) is 6.74. The van der Waals surface area contributed by atoms with Crippen LogP contribution in [0.3, 0.4) is 0 Å². The van der Waals surface area contributed by atoms with E-state index in [2.05, 4.69) is 106 Å². The topological polar surface area (TPSA) is 44.8 Å². The number of allylic oxidation sites excluding steroid dienone is 2. The first-order chi connectivity index (χ1) is 17.0. The first kappa shape index (κ1) is 31.7. The quantitative estimate of drug-likeness (QED) is 0.154. The van der Waals surface area contributed by atoms with Crippen LogP contribution in [-0.2, 0) is 31.5 Å². The maximum Gasteiger partial charge on any atom is 0.168 e. The normalized spacial score (nSPS) is 14.3. The monoisotopic (exact) mass is 560 g/mol. The number of benzene rings is 1. The maximum absolute atomic E-state index is 11.0. The predicted molar refractivity (Wildman–Crippen MR) is 164 cm³/mol. The number of rotatable bonds is 12. The zero-order chi connectivity index (χ0) is 28.1. The van der Waals surface area contributed by atoms with Crippen LogP contribution in [0, 0.1) is 0 Å². The van der Waals surface area contributed by atoms with E-state index in [-0.39, 0.29) is 10.1 Å². The van der Waals surface area contributed by atoms with Gasteiger partial charge >= 0.3 is 0 Å². The van der Waals surface area contributed by atoms with Crippen molar-refractivity contribution >= 4 is 42.7 Å². The van der Waals surface area contributed by atoms with Gasteiger partial charge in [-0.1, -0.05) is 54.5 Å². The van der Waals surface area contributed by atoms with Crippen molar-refractivity contribution in [2.45, 2.75) is 110 Å². The summed E-state index contributed by atoms with van der Waals surface area (Å²) in [5, 5.41) is 0.410. The molecule has 0 saturated heterocycles. The summed E-state index contributed by atoms with van der Waals surface area (Å²) < 4.78 is 19.5. The van der Waals surface area contributed by atoms with Crippen molar-refractivity contribution in [3.63, 3.8) is 0 Å². The van der Waals surface area contributed by atoms with Gasteiger partial charge in [0.2, 0.25) is 0 Å². The van der Waals surface area contributed by atoms with E-state index in [9.17, 15) is 4.79 Å². The van der Waals surface area contributed by atoms with Crippen molar-refractivity contribution in [1.29, 1.82) is 0 Å². The molecule has 0 spiro atoms. The number of carbonyl (C=O) groups excluding carboxylic acids is 1. The van der Waals surface area contributed by atoms with Gasteiger partial charge in [-0.15, -0.1) is 11.3 Å². The average molecular weight is 561 g/mol. The van der Waals surface area contributed by atoms with E-state index in [1.165, 1.54) is 0 Å². The van der Waals surface area contributed by atoms with Crippen LogP contribution < -0.4 is 4.74 Å². The van der Waals surface area contributed by atoms with Crippen molar-refractivity contribution in [2.24, 2.45) is 0 Å². The summed E-state index contributed by atoms with van der Waals surface area (Å²) in [4.78, 5) is 13.2. The average Bonchev–Trinajstić information content (AvgIpc) is 3.26. The highest BCUT2D eigenvalue weighted by Gasteiger charge is 2.34. The molecule has 1 heterocycles. The predicted octanol–water partition coefficient (Wildman–Crippen LogP) is 7.43. The van der Waals surface area contributed by atoms with Gasteiger partial charge in [0.1, 0.15) is 18.6 Å². The summed E-state index contributed by atoms with van der Waals surface area (Å²) in [5.74, 6) is 0.825.